The van der Waals surface area contributed by atoms with E-state index in [0.717, 1.165) is 22.3 Å². The van der Waals surface area contributed by atoms with Gasteiger partial charge in [-0.05, 0) is 35.1 Å². The Kier molecular flexibility index (Phi) is 7.47. The fraction of sp³-hybridized carbons (Fsp3) is 0.423. The highest BCUT2D eigenvalue weighted by Crippen LogP contribution is 2.44. The molecule has 0 aromatic heterocycles. The lowest BCUT2D eigenvalue weighted by molar-refractivity contribution is -0.140. The third kappa shape index (κ3) is 5.22. The summed E-state index contributed by atoms with van der Waals surface area (Å²) >= 11 is 0. The van der Waals surface area contributed by atoms with Gasteiger partial charge in [-0.15, -0.1) is 0 Å². The minimum atomic E-state index is -0.932. The molecule has 3 atom stereocenters. The highest BCUT2D eigenvalue weighted by molar-refractivity contribution is 5.86. The summed E-state index contributed by atoms with van der Waals surface area (Å²) < 4.78 is 10.9. The molecule has 180 valence electrons. The van der Waals surface area contributed by atoms with Crippen LogP contribution in [0.15, 0.2) is 48.5 Å². The molecule has 3 unspecified atom stereocenters. The molecule has 3 N–H and O–H groups in total. The van der Waals surface area contributed by atoms with E-state index < -0.39 is 18.1 Å². The van der Waals surface area contributed by atoms with Gasteiger partial charge >= 0.3 is 12.1 Å². The van der Waals surface area contributed by atoms with Gasteiger partial charge in [0.1, 0.15) is 12.6 Å². The fourth-order valence-corrected chi connectivity index (χ4v) is 4.83. The van der Waals surface area contributed by atoms with Gasteiger partial charge in [-0.2, -0.15) is 0 Å². The van der Waals surface area contributed by atoms with Crippen molar-refractivity contribution in [2.45, 2.75) is 44.2 Å². The molecule has 0 bridgehead atoms. The number of hydrogen-bond donors (Lipinski definition) is 3. The molecule has 2 amide bonds. The van der Waals surface area contributed by atoms with Gasteiger partial charge in [0.05, 0.1) is 13.0 Å². The van der Waals surface area contributed by atoms with Crippen LogP contribution in [-0.2, 0) is 19.1 Å². The van der Waals surface area contributed by atoms with Crippen molar-refractivity contribution in [3.8, 4) is 11.1 Å². The van der Waals surface area contributed by atoms with Gasteiger partial charge in [0.25, 0.3) is 0 Å². The molecule has 0 radical (unpaired) electrons. The molecular weight excluding hydrogens is 436 g/mol. The normalized spacial score (nSPS) is 20.0. The average molecular weight is 467 g/mol. The summed E-state index contributed by atoms with van der Waals surface area (Å²) in [6.07, 6.45) is 0.174. The minimum absolute atomic E-state index is 0.0638. The van der Waals surface area contributed by atoms with E-state index in [1.165, 1.54) is 0 Å². The number of aliphatic carboxylic acids is 1. The predicted molar refractivity (Wildman–Crippen MR) is 125 cm³/mol. The number of amides is 2. The molecule has 8 heteroatoms. The topological polar surface area (TPSA) is 114 Å². The Morgan fingerprint density at radius 3 is 2.35 bits per heavy atom. The van der Waals surface area contributed by atoms with Gasteiger partial charge in [-0.25, -0.2) is 4.79 Å². The van der Waals surface area contributed by atoms with E-state index in [4.69, 9.17) is 14.6 Å². The third-order valence-corrected chi connectivity index (χ3v) is 6.60. The van der Waals surface area contributed by atoms with E-state index in [9.17, 15) is 14.4 Å². The van der Waals surface area contributed by atoms with E-state index in [0.29, 0.717) is 19.4 Å². The lowest BCUT2D eigenvalue weighted by atomic mass is 9.92. The number of benzene rings is 2. The number of carbonyl (C=O) groups excluding carboxylic acids is 2. The van der Waals surface area contributed by atoms with E-state index in [1.54, 1.807) is 6.92 Å². The van der Waals surface area contributed by atoms with Crippen molar-refractivity contribution in [2.75, 3.05) is 19.8 Å². The van der Waals surface area contributed by atoms with Gasteiger partial charge in [-0.1, -0.05) is 55.5 Å². The molecular formula is C26H30N2O6. The standard InChI is InChI=1S/C26H30N2O6/c1-2-22(25(31)27-23-11-12-33-14-16(23)13-24(29)30)28-26(32)34-15-21-19-9-5-3-7-17(19)18-8-4-6-10-20(18)21/h3-10,16,21-23H,2,11-15H2,1H3,(H,27,31)(H,28,32)(H,29,30). The maximum absolute atomic E-state index is 12.8. The summed E-state index contributed by atoms with van der Waals surface area (Å²) in [6, 6.07) is 15.1. The molecule has 2 aliphatic rings. The number of alkyl carbamates (subject to hydrolysis) is 1. The Labute approximate surface area is 198 Å². The van der Waals surface area contributed by atoms with Gasteiger partial charge in [-0.3, -0.25) is 9.59 Å². The van der Waals surface area contributed by atoms with E-state index in [1.807, 2.05) is 36.4 Å². The van der Waals surface area contributed by atoms with Gasteiger partial charge < -0.3 is 25.2 Å². The molecule has 0 spiro atoms. The van der Waals surface area contributed by atoms with Crippen LogP contribution in [0.1, 0.15) is 43.2 Å². The van der Waals surface area contributed by atoms with Crippen LogP contribution >= 0.6 is 0 Å². The van der Waals surface area contributed by atoms with Crippen LogP contribution in [-0.4, -0.2) is 55.0 Å². The summed E-state index contributed by atoms with van der Waals surface area (Å²) in [7, 11) is 0. The predicted octanol–water partition coefficient (Wildman–Crippen LogP) is 3.30. The smallest absolute Gasteiger partial charge is 0.407 e. The van der Waals surface area contributed by atoms with Crippen molar-refractivity contribution < 1.29 is 29.0 Å². The molecule has 1 saturated heterocycles. The van der Waals surface area contributed by atoms with Gasteiger partial charge in [0.2, 0.25) is 5.91 Å². The number of ether oxygens (including phenoxy) is 2. The van der Waals surface area contributed by atoms with E-state index in [2.05, 4.69) is 22.8 Å². The number of rotatable bonds is 8. The van der Waals surface area contributed by atoms with E-state index in [-0.39, 0.29) is 43.4 Å². The number of carbonyl (C=O) groups is 3. The highest BCUT2D eigenvalue weighted by atomic mass is 16.5. The molecule has 0 saturated carbocycles. The highest BCUT2D eigenvalue weighted by Gasteiger charge is 2.32. The third-order valence-electron chi connectivity index (χ3n) is 6.60. The maximum atomic E-state index is 12.8. The molecule has 1 aliphatic carbocycles. The molecule has 34 heavy (non-hydrogen) atoms. The zero-order chi connectivity index (χ0) is 24.1. The van der Waals surface area contributed by atoms with Crippen molar-refractivity contribution in [2.24, 2.45) is 5.92 Å². The zero-order valence-electron chi connectivity index (χ0n) is 19.2. The monoisotopic (exact) mass is 466 g/mol. The first-order valence-corrected chi connectivity index (χ1v) is 11.7. The lowest BCUT2D eigenvalue weighted by Gasteiger charge is -2.32. The van der Waals surface area contributed by atoms with Crippen LogP contribution in [0.2, 0.25) is 0 Å². The number of fused-ring (bicyclic) bond motifs is 3. The summed E-state index contributed by atoms with van der Waals surface area (Å²) in [6.45, 7) is 2.71. The first-order chi connectivity index (χ1) is 16.5. The van der Waals surface area contributed by atoms with Gasteiger partial charge in [0.15, 0.2) is 0 Å². The Balaban J connectivity index is 1.35. The summed E-state index contributed by atoms with van der Waals surface area (Å²) in [4.78, 5) is 36.5. The van der Waals surface area contributed by atoms with Crippen LogP contribution in [0.4, 0.5) is 4.79 Å². The first-order valence-electron chi connectivity index (χ1n) is 11.7. The van der Waals surface area contributed by atoms with Crippen LogP contribution in [0, 0.1) is 5.92 Å². The molecule has 2 aromatic carbocycles. The Hall–Kier alpha value is -3.39. The molecule has 8 nitrogen and oxygen atoms in total. The van der Waals surface area contributed by atoms with Crippen LogP contribution in [0.5, 0.6) is 0 Å². The molecule has 2 aromatic rings. The van der Waals surface area contributed by atoms with Crippen LogP contribution < -0.4 is 10.6 Å². The number of carboxylic acids is 1. The number of carboxylic acid groups (broad SMARTS) is 1. The second-order valence-electron chi connectivity index (χ2n) is 8.77. The SMILES string of the molecule is CCC(NC(=O)OCC1c2ccccc2-c2ccccc21)C(=O)NC1CCOCC1CC(=O)O. The van der Waals surface area contributed by atoms with Crippen LogP contribution in [0.3, 0.4) is 0 Å². The summed E-state index contributed by atoms with van der Waals surface area (Å²) in [5, 5.41) is 14.7. The Morgan fingerprint density at radius 2 is 1.74 bits per heavy atom. The molecule has 1 fully saturated rings. The maximum Gasteiger partial charge on any atom is 0.407 e. The van der Waals surface area contributed by atoms with Crippen LogP contribution in [0.25, 0.3) is 11.1 Å². The second kappa shape index (κ2) is 10.7. The summed E-state index contributed by atoms with van der Waals surface area (Å²) in [5.74, 6) is -1.65. The van der Waals surface area contributed by atoms with Crippen molar-refractivity contribution in [1.82, 2.24) is 10.6 Å². The van der Waals surface area contributed by atoms with E-state index >= 15 is 0 Å². The Bertz CT molecular complexity index is 1010. The average Bonchev–Trinajstić information content (AvgIpc) is 3.16. The molecule has 1 aliphatic heterocycles. The second-order valence-corrected chi connectivity index (χ2v) is 8.77. The minimum Gasteiger partial charge on any atom is -0.481 e. The number of hydrogen-bond acceptors (Lipinski definition) is 5. The first kappa shape index (κ1) is 23.8. The van der Waals surface area contributed by atoms with Crippen molar-refractivity contribution >= 4 is 18.0 Å². The number of nitrogens with one attached hydrogen (secondary N) is 2. The van der Waals surface area contributed by atoms with Crippen molar-refractivity contribution in [3.63, 3.8) is 0 Å². The fourth-order valence-electron chi connectivity index (χ4n) is 4.83. The lowest BCUT2D eigenvalue weighted by Crippen LogP contribution is -2.53. The van der Waals surface area contributed by atoms with Gasteiger partial charge in [0, 0.05) is 24.5 Å². The summed E-state index contributed by atoms with van der Waals surface area (Å²) in [5.41, 5.74) is 4.52. The largest absolute Gasteiger partial charge is 0.481 e. The van der Waals surface area contributed by atoms with Crippen molar-refractivity contribution in [1.29, 1.82) is 0 Å². The van der Waals surface area contributed by atoms with Crippen molar-refractivity contribution in [3.05, 3.63) is 59.7 Å². The molecule has 1 heterocycles. The Morgan fingerprint density at radius 1 is 1.09 bits per heavy atom. The molecule has 4 rings (SSSR count). The quantitative estimate of drug-likeness (QED) is 0.550. The zero-order valence-corrected chi connectivity index (χ0v) is 19.2.